The lowest BCUT2D eigenvalue weighted by Crippen LogP contribution is -2.46. The molecule has 1 unspecified atom stereocenters. The molecule has 1 saturated heterocycles. The van der Waals surface area contributed by atoms with Crippen LogP contribution in [0.25, 0.3) is 0 Å². The van der Waals surface area contributed by atoms with Gasteiger partial charge in [-0.1, -0.05) is 26.7 Å². The van der Waals surface area contributed by atoms with Crippen LogP contribution in [0.2, 0.25) is 0 Å². The molecule has 1 fully saturated rings. The number of nitrogens with one attached hydrogen (secondary N) is 2. The van der Waals surface area contributed by atoms with Crippen LogP contribution >= 0.6 is 0 Å². The SMILES string of the molecule is CCC(CC)CNC(=NC)NC1CCN(CC(F)(F)F)C1. The van der Waals surface area contributed by atoms with Crippen LogP contribution in [0.4, 0.5) is 13.2 Å². The smallest absolute Gasteiger partial charge is 0.356 e. The van der Waals surface area contributed by atoms with E-state index in [2.05, 4.69) is 29.5 Å². The summed E-state index contributed by atoms with van der Waals surface area (Å²) in [7, 11) is 1.69. The number of hydrogen-bond acceptors (Lipinski definition) is 2. The third-order valence-corrected chi connectivity index (χ3v) is 3.95. The van der Waals surface area contributed by atoms with Crippen molar-refractivity contribution < 1.29 is 13.2 Å². The van der Waals surface area contributed by atoms with Gasteiger partial charge >= 0.3 is 6.18 Å². The molecule has 1 aliphatic rings. The molecule has 124 valence electrons. The van der Waals surface area contributed by atoms with Crippen molar-refractivity contribution in [3.8, 4) is 0 Å². The second-order valence-electron chi connectivity index (χ2n) is 5.62. The van der Waals surface area contributed by atoms with Gasteiger partial charge in [0.05, 0.1) is 6.54 Å². The van der Waals surface area contributed by atoms with Gasteiger partial charge in [-0.15, -0.1) is 0 Å². The minimum absolute atomic E-state index is 0.0280. The number of rotatable bonds is 6. The van der Waals surface area contributed by atoms with Gasteiger partial charge in [-0.25, -0.2) is 0 Å². The van der Waals surface area contributed by atoms with E-state index in [1.54, 1.807) is 7.05 Å². The lowest BCUT2D eigenvalue weighted by atomic mass is 10.0. The lowest BCUT2D eigenvalue weighted by Gasteiger charge is -2.21. The van der Waals surface area contributed by atoms with E-state index >= 15 is 0 Å². The maximum absolute atomic E-state index is 12.4. The molecular weight excluding hydrogens is 281 g/mol. The van der Waals surface area contributed by atoms with Crippen LogP contribution in [0.1, 0.15) is 33.1 Å². The molecule has 4 nitrogen and oxygen atoms in total. The summed E-state index contributed by atoms with van der Waals surface area (Å²) in [6.45, 7) is 5.19. The molecule has 0 aromatic heterocycles. The molecular formula is C14H27F3N4. The summed E-state index contributed by atoms with van der Waals surface area (Å²) in [5.41, 5.74) is 0. The average Bonchev–Trinajstić information content (AvgIpc) is 2.83. The third-order valence-electron chi connectivity index (χ3n) is 3.95. The van der Waals surface area contributed by atoms with Crippen molar-refractivity contribution in [1.82, 2.24) is 15.5 Å². The Morgan fingerprint density at radius 1 is 1.33 bits per heavy atom. The predicted molar refractivity (Wildman–Crippen MR) is 79.5 cm³/mol. The van der Waals surface area contributed by atoms with E-state index in [9.17, 15) is 13.2 Å². The van der Waals surface area contributed by atoms with Crippen molar-refractivity contribution in [3.63, 3.8) is 0 Å². The van der Waals surface area contributed by atoms with Gasteiger partial charge < -0.3 is 10.6 Å². The fourth-order valence-electron chi connectivity index (χ4n) is 2.55. The Kier molecular flexibility index (Phi) is 7.28. The highest BCUT2D eigenvalue weighted by molar-refractivity contribution is 5.80. The van der Waals surface area contributed by atoms with Gasteiger partial charge in [0.25, 0.3) is 0 Å². The van der Waals surface area contributed by atoms with Crippen LogP contribution in [-0.4, -0.2) is 56.3 Å². The first kappa shape index (κ1) is 18.1. The summed E-state index contributed by atoms with van der Waals surface area (Å²) < 4.78 is 37.1. The van der Waals surface area contributed by atoms with E-state index in [0.717, 1.165) is 19.4 Å². The maximum atomic E-state index is 12.4. The molecule has 1 aliphatic heterocycles. The Morgan fingerprint density at radius 2 is 2.00 bits per heavy atom. The molecule has 21 heavy (non-hydrogen) atoms. The molecule has 1 rings (SSSR count). The third kappa shape index (κ3) is 7.02. The molecule has 0 amide bonds. The maximum Gasteiger partial charge on any atom is 0.401 e. The molecule has 0 spiro atoms. The molecule has 0 aromatic carbocycles. The first-order valence-electron chi connectivity index (χ1n) is 7.64. The predicted octanol–water partition coefficient (Wildman–Crippen LogP) is 2.22. The molecule has 0 saturated carbocycles. The summed E-state index contributed by atoms with van der Waals surface area (Å²) in [6, 6.07) is 0.0280. The molecule has 0 aromatic rings. The van der Waals surface area contributed by atoms with Crippen molar-refractivity contribution >= 4 is 5.96 Å². The number of nitrogens with zero attached hydrogens (tertiary/aromatic N) is 2. The number of likely N-dealkylation sites (tertiary alicyclic amines) is 1. The second-order valence-corrected chi connectivity index (χ2v) is 5.62. The van der Waals surface area contributed by atoms with Crippen LogP contribution in [0.5, 0.6) is 0 Å². The van der Waals surface area contributed by atoms with E-state index in [1.807, 2.05) is 0 Å². The van der Waals surface area contributed by atoms with E-state index in [1.165, 1.54) is 4.90 Å². The topological polar surface area (TPSA) is 39.7 Å². The number of guanidine groups is 1. The van der Waals surface area contributed by atoms with E-state index in [-0.39, 0.29) is 6.04 Å². The minimum Gasteiger partial charge on any atom is -0.356 e. The fraction of sp³-hybridized carbons (Fsp3) is 0.929. The van der Waals surface area contributed by atoms with Gasteiger partial charge in [-0.05, 0) is 12.3 Å². The summed E-state index contributed by atoms with van der Waals surface area (Å²) in [6.07, 6.45) is -1.21. The molecule has 7 heteroatoms. The number of alkyl halides is 3. The Labute approximate surface area is 125 Å². The lowest BCUT2D eigenvalue weighted by molar-refractivity contribution is -0.143. The number of aliphatic imine (C=N–C) groups is 1. The zero-order chi connectivity index (χ0) is 15.9. The zero-order valence-electron chi connectivity index (χ0n) is 13.1. The molecule has 1 heterocycles. The minimum atomic E-state index is -4.12. The monoisotopic (exact) mass is 308 g/mol. The van der Waals surface area contributed by atoms with Crippen molar-refractivity contribution in [2.24, 2.45) is 10.9 Å². The highest BCUT2D eigenvalue weighted by Gasteiger charge is 2.34. The molecule has 0 aliphatic carbocycles. The van der Waals surface area contributed by atoms with Crippen molar-refractivity contribution in [2.75, 3.05) is 33.2 Å². The van der Waals surface area contributed by atoms with Crippen LogP contribution in [0, 0.1) is 5.92 Å². The quantitative estimate of drug-likeness (QED) is 0.584. The molecule has 0 bridgehead atoms. The van der Waals surface area contributed by atoms with Gasteiger partial charge in [0.2, 0.25) is 0 Å². The summed E-state index contributed by atoms with van der Waals surface area (Å²) in [5.74, 6) is 1.27. The number of hydrogen-bond donors (Lipinski definition) is 2. The Hall–Kier alpha value is -0.980. The first-order chi connectivity index (χ1) is 9.87. The van der Waals surface area contributed by atoms with E-state index < -0.39 is 12.7 Å². The van der Waals surface area contributed by atoms with E-state index in [4.69, 9.17) is 0 Å². The average molecular weight is 308 g/mol. The highest BCUT2D eigenvalue weighted by atomic mass is 19.4. The van der Waals surface area contributed by atoms with Crippen LogP contribution in [-0.2, 0) is 0 Å². The Balaban J connectivity index is 2.35. The van der Waals surface area contributed by atoms with Gasteiger partial charge in [-0.3, -0.25) is 9.89 Å². The normalized spacial score (nSPS) is 21.1. The van der Waals surface area contributed by atoms with Gasteiger partial charge in [-0.2, -0.15) is 13.2 Å². The van der Waals surface area contributed by atoms with E-state index in [0.29, 0.717) is 31.4 Å². The number of halogens is 3. The van der Waals surface area contributed by atoms with Gasteiger partial charge in [0.1, 0.15) is 0 Å². The highest BCUT2D eigenvalue weighted by Crippen LogP contribution is 2.19. The summed E-state index contributed by atoms with van der Waals surface area (Å²) in [5, 5.41) is 6.47. The Morgan fingerprint density at radius 3 is 2.52 bits per heavy atom. The molecule has 2 N–H and O–H groups in total. The molecule has 1 atom stereocenters. The van der Waals surface area contributed by atoms with Gasteiger partial charge in [0.15, 0.2) is 5.96 Å². The van der Waals surface area contributed by atoms with Crippen LogP contribution in [0.3, 0.4) is 0 Å². The summed E-state index contributed by atoms with van der Waals surface area (Å²) in [4.78, 5) is 5.58. The standard InChI is InChI=1S/C14H27F3N4/c1-4-11(5-2)8-19-13(18-3)20-12-6-7-21(9-12)10-14(15,16)17/h11-12H,4-10H2,1-3H3,(H2,18,19,20). The van der Waals surface area contributed by atoms with Gasteiger partial charge in [0, 0.05) is 32.7 Å². The zero-order valence-corrected chi connectivity index (χ0v) is 13.1. The van der Waals surface area contributed by atoms with Crippen molar-refractivity contribution in [3.05, 3.63) is 0 Å². The Bertz CT molecular complexity index is 327. The fourth-order valence-corrected chi connectivity index (χ4v) is 2.55. The molecule has 0 radical (unpaired) electrons. The second kappa shape index (κ2) is 8.46. The van der Waals surface area contributed by atoms with Crippen molar-refractivity contribution in [2.45, 2.75) is 45.3 Å². The first-order valence-corrected chi connectivity index (χ1v) is 7.64. The summed E-state index contributed by atoms with van der Waals surface area (Å²) >= 11 is 0. The van der Waals surface area contributed by atoms with Crippen LogP contribution < -0.4 is 10.6 Å². The largest absolute Gasteiger partial charge is 0.401 e. The van der Waals surface area contributed by atoms with Crippen molar-refractivity contribution in [1.29, 1.82) is 0 Å². The van der Waals surface area contributed by atoms with Crippen LogP contribution in [0.15, 0.2) is 4.99 Å².